The van der Waals surface area contributed by atoms with E-state index in [1.165, 1.54) is 6.42 Å². The molecule has 1 amide bonds. The van der Waals surface area contributed by atoms with Crippen molar-refractivity contribution in [3.63, 3.8) is 0 Å². The van der Waals surface area contributed by atoms with Crippen molar-refractivity contribution >= 4 is 11.7 Å². The van der Waals surface area contributed by atoms with Crippen LogP contribution in [0, 0.1) is 0 Å². The minimum atomic E-state index is 0.238. The van der Waals surface area contributed by atoms with Gasteiger partial charge in [-0.2, -0.15) is 0 Å². The molecule has 0 N–H and O–H groups in total. The lowest BCUT2D eigenvalue weighted by atomic mass is 9.89. The number of ketones is 1. The molecule has 142 valence electrons. The second kappa shape index (κ2) is 8.81. The molecule has 0 radical (unpaired) electrons. The van der Waals surface area contributed by atoms with Gasteiger partial charge in [0.25, 0.3) is 0 Å². The molecule has 3 rings (SSSR count). The maximum atomic E-state index is 13.0. The third kappa shape index (κ3) is 4.53. The molecular weight excluding hydrogens is 324 g/mol. The zero-order valence-corrected chi connectivity index (χ0v) is 16.3. The molecule has 1 fully saturated rings. The monoisotopic (exact) mass is 356 g/mol. The van der Waals surface area contributed by atoms with Crippen LogP contribution in [0.1, 0.15) is 66.9 Å². The third-order valence-corrected chi connectivity index (χ3v) is 5.75. The lowest BCUT2D eigenvalue weighted by molar-refractivity contribution is -0.134. The van der Waals surface area contributed by atoms with Gasteiger partial charge >= 0.3 is 0 Å². The van der Waals surface area contributed by atoms with Gasteiger partial charge in [-0.3, -0.25) is 9.59 Å². The van der Waals surface area contributed by atoms with Gasteiger partial charge in [-0.25, -0.2) is 0 Å². The highest BCUT2D eigenvalue weighted by Crippen LogP contribution is 2.24. The van der Waals surface area contributed by atoms with Crippen LogP contribution in [0.3, 0.4) is 0 Å². The van der Waals surface area contributed by atoms with Crippen LogP contribution in [0.4, 0.5) is 0 Å². The average molecular weight is 357 g/mol. The Hall–Kier alpha value is -1.68. The van der Waals surface area contributed by atoms with Crippen molar-refractivity contribution in [2.24, 2.45) is 0 Å². The molecule has 26 heavy (non-hydrogen) atoms. The highest BCUT2D eigenvalue weighted by Gasteiger charge is 2.27. The Morgan fingerprint density at radius 1 is 1.23 bits per heavy atom. The molecule has 1 aliphatic carbocycles. The number of aryl methyl sites for hydroxylation is 1. The predicted molar refractivity (Wildman–Crippen MR) is 105 cm³/mol. The van der Waals surface area contributed by atoms with Crippen molar-refractivity contribution in [3.05, 3.63) is 34.9 Å². The van der Waals surface area contributed by atoms with E-state index >= 15 is 0 Å². The number of benzene rings is 1. The first-order valence-electron chi connectivity index (χ1n) is 10.2. The van der Waals surface area contributed by atoms with Crippen molar-refractivity contribution in [1.29, 1.82) is 0 Å². The average Bonchev–Trinajstić information content (AvgIpc) is 2.62. The highest BCUT2D eigenvalue weighted by molar-refractivity contribution is 5.98. The van der Waals surface area contributed by atoms with Gasteiger partial charge in [0.15, 0.2) is 5.78 Å². The first-order chi connectivity index (χ1) is 12.6. The number of Topliss-reactive ketones (excluding diaryl/α,β-unsaturated/α-hetero) is 1. The second-order valence-corrected chi connectivity index (χ2v) is 7.94. The van der Waals surface area contributed by atoms with Crippen LogP contribution in [0.25, 0.3) is 0 Å². The zero-order chi connectivity index (χ0) is 18.5. The standard InChI is InChI=1S/C22H32N2O2/c1-3-12-23(2)16-19-8-4-5-13-24(19)22(26)15-17-10-11-20-18(14-17)7-6-9-21(20)25/h10-11,14,19H,3-9,12-13,15-16H2,1-2H3/t19-/m0/s1. The Balaban J connectivity index is 1.66. The Morgan fingerprint density at radius 3 is 2.88 bits per heavy atom. The number of likely N-dealkylation sites (tertiary alicyclic amines) is 1. The lowest BCUT2D eigenvalue weighted by Crippen LogP contribution is -2.49. The number of hydrogen-bond acceptors (Lipinski definition) is 3. The van der Waals surface area contributed by atoms with Gasteiger partial charge in [0.2, 0.25) is 5.91 Å². The van der Waals surface area contributed by atoms with Gasteiger partial charge in [-0.1, -0.05) is 25.1 Å². The normalized spacial score (nSPS) is 20.3. The predicted octanol–water partition coefficient (Wildman–Crippen LogP) is 3.47. The summed E-state index contributed by atoms with van der Waals surface area (Å²) in [5.41, 5.74) is 3.04. The SMILES string of the molecule is CCCN(C)C[C@@H]1CCCCN1C(=O)Cc1ccc2c(c1)CCCC2=O. The summed E-state index contributed by atoms with van der Waals surface area (Å²) in [5.74, 6) is 0.487. The molecule has 1 aromatic rings. The molecule has 0 bridgehead atoms. The topological polar surface area (TPSA) is 40.6 Å². The Labute approximate surface area is 157 Å². The van der Waals surface area contributed by atoms with Crippen LogP contribution in [-0.4, -0.2) is 54.2 Å². The molecule has 4 nitrogen and oxygen atoms in total. The molecule has 1 heterocycles. The van der Waals surface area contributed by atoms with Gasteiger partial charge in [0, 0.05) is 31.1 Å². The Bertz CT molecular complexity index is 656. The summed E-state index contributed by atoms with van der Waals surface area (Å²) in [5, 5.41) is 0. The van der Waals surface area contributed by atoms with E-state index in [1.807, 2.05) is 12.1 Å². The first kappa shape index (κ1) is 19.1. The maximum absolute atomic E-state index is 13.0. The second-order valence-electron chi connectivity index (χ2n) is 7.94. The first-order valence-corrected chi connectivity index (χ1v) is 10.2. The van der Waals surface area contributed by atoms with Crippen LogP contribution in [0.15, 0.2) is 18.2 Å². The van der Waals surface area contributed by atoms with E-state index in [9.17, 15) is 9.59 Å². The summed E-state index contributed by atoms with van der Waals surface area (Å²) in [6, 6.07) is 6.34. The van der Waals surface area contributed by atoms with Crippen LogP contribution >= 0.6 is 0 Å². The summed E-state index contributed by atoms with van der Waals surface area (Å²) >= 11 is 0. The lowest BCUT2D eigenvalue weighted by Gasteiger charge is -2.38. The number of likely N-dealkylation sites (N-methyl/N-ethyl adjacent to an activating group) is 1. The molecule has 0 aromatic heterocycles. The third-order valence-electron chi connectivity index (χ3n) is 5.75. The van der Waals surface area contributed by atoms with Gasteiger partial charge in [0.1, 0.15) is 0 Å². The number of amides is 1. The van der Waals surface area contributed by atoms with Crippen LogP contribution in [0.5, 0.6) is 0 Å². The summed E-state index contributed by atoms with van der Waals surface area (Å²) in [4.78, 5) is 29.4. The van der Waals surface area contributed by atoms with Crippen LogP contribution in [-0.2, 0) is 17.6 Å². The number of nitrogens with zero attached hydrogens (tertiary/aromatic N) is 2. The van der Waals surface area contributed by atoms with Crippen molar-refractivity contribution in [3.8, 4) is 0 Å². The minimum Gasteiger partial charge on any atom is -0.338 e. The van der Waals surface area contributed by atoms with Gasteiger partial charge in [-0.15, -0.1) is 0 Å². The Kier molecular flexibility index (Phi) is 6.47. The highest BCUT2D eigenvalue weighted by atomic mass is 16.2. The number of carbonyl (C=O) groups is 2. The minimum absolute atomic E-state index is 0.238. The van der Waals surface area contributed by atoms with E-state index in [4.69, 9.17) is 0 Å². The maximum Gasteiger partial charge on any atom is 0.227 e. The molecule has 0 unspecified atom stereocenters. The van der Waals surface area contributed by atoms with E-state index in [1.54, 1.807) is 0 Å². The number of fused-ring (bicyclic) bond motifs is 1. The molecular formula is C22H32N2O2. The number of piperidine rings is 1. The number of carbonyl (C=O) groups excluding carboxylic acids is 2. The smallest absolute Gasteiger partial charge is 0.227 e. The molecule has 0 saturated carbocycles. The van der Waals surface area contributed by atoms with Crippen LogP contribution in [0.2, 0.25) is 0 Å². The molecule has 1 atom stereocenters. The fraction of sp³-hybridized carbons (Fsp3) is 0.636. The summed E-state index contributed by atoms with van der Waals surface area (Å²) in [6.45, 7) is 5.13. The van der Waals surface area contributed by atoms with Crippen molar-refractivity contribution in [2.75, 3.05) is 26.7 Å². The van der Waals surface area contributed by atoms with E-state index < -0.39 is 0 Å². The fourth-order valence-electron chi connectivity index (χ4n) is 4.44. The van der Waals surface area contributed by atoms with Crippen molar-refractivity contribution in [2.45, 2.75) is 64.3 Å². The fourth-order valence-corrected chi connectivity index (χ4v) is 4.44. The van der Waals surface area contributed by atoms with E-state index in [-0.39, 0.29) is 11.7 Å². The quantitative estimate of drug-likeness (QED) is 0.784. The summed E-state index contributed by atoms with van der Waals surface area (Å²) in [6.07, 6.45) is 7.58. The number of hydrogen-bond donors (Lipinski definition) is 0. The molecule has 1 saturated heterocycles. The van der Waals surface area contributed by atoms with Crippen LogP contribution < -0.4 is 0 Å². The summed E-state index contributed by atoms with van der Waals surface area (Å²) < 4.78 is 0. The van der Waals surface area contributed by atoms with Gasteiger partial charge in [-0.05, 0) is 63.2 Å². The van der Waals surface area contributed by atoms with Crippen molar-refractivity contribution in [1.82, 2.24) is 9.80 Å². The van der Waals surface area contributed by atoms with E-state index in [0.717, 1.165) is 68.4 Å². The van der Waals surface area contributed by atoms with Gasteiger partial charge in [0.05, 0.1) is 6.42 Å². The molecule has 4 heteroatoms. The largest absolute Gasteiger partial charge is 0.338 e. The molecule has 2 aliphatic rings. The number of rotatable bonds is 6. The molecule has 1 aliphatic heterocycles. The zero-order valence-electron chi connectivity index (χ0n) is 16.3. The van der Waals surface area contributed by atoms with E-state index in [2.05, 4.69) is 29.8 Å². The van der Waals surface area contributed by atoms with Crippen molar-refractivity contribution < 1.29 is 9.59 Å². The van der Waals surface area contributed by atoms with Gasteiger partial charge < -0.3 is 9.80 Å². The Morgan fingerprint density at radius 2 is 2.08 bits per heavy atom. The molecule has 1 aromatic carbocycles. The van der Waals surface area contributed by atoms with E-state index in [0.29, 0.717) is 18.9 Å². The summed E-state index contributed by atoms with van der Waals surface area (Å²) in [7, 11) is 2.15. The molecule has 0 spiro atoms.